The standard InChI is InChI=1S/C4H6NO3/c6-3-1-2-4(7)5-8/h3,8H,1-2H2. The molecule has 0 aromatic carbocycles. The SMILES string of the molecule is O=CCCC(=O)[N]O. The molecule has 4 nitrogen and oxygen atoms in total. The molecular weight excluding hydrogens is 110 g/mol. The summed E-state index contributed by atoms with van der Waals surface area (Å²) in [5.41, 5.74) is 2.33. The summed E-state index contributed by atoms with van der Waals surface area (Å²) in [7, 11) is 0. The Hall–Kier alpha value is -0.900. The van der Waals surface area contributed by atoms with Crippen molar-refractivity contribution in [2.24, 2.45) is 0 Å². The smallest absolute Gasteiger partial charge is 0.269 e. The van der Waals surface area contributed by atoms with Crippen LogP contribution in [0.2, 0.25) is 0 Å². The van der Waals surface area contributed by atoms with E-state index in [4.69, 9.17) is 5.21 Å². The second-order valence-corrected chi connectivity index (χ2v) is 1.20. The summed E-state index contributed by atoms with van der Waals surface area (Å²) in [5.74, 6) is -0.655. The molecule has 0 spiro atoms. The van der Waals surface area contributed by atoms with Crippen LogP contribution in [0.25, 0.3) is 0 Å². The summed E-state index contributed by atoms with van der Waals surface area (Å²) in [6, 6.07) is 0. The molecule has 0 aromatic rings. The Balaban J connectivity index is 3.11. The van der Waals surface area contributed by atoms with E-state index in [1.165, 1.54) is 0 Å². The molecule has 1 amide bonds. The van der Waals surface area contributed by atoms with Crippen LogP contribution in [0.4, 0.5) is 0 Å². The van der Waals surface area contributed by atoms with Gasteiger partial charge in [-0.1, -0.05) is 5.48 Å². The number of hydroxylamine groups is 1. The maximum atomic E-state index is 10.00. The van der Waals surface area contributed by atoms with Crippen molar-refractivity contribution in [3.63, 3.8) is 0 Å². The molecule has 0 rings (SSSR count). The first-order chi connectivity index (χ1) is 3.81. The Kier molecular flexibility index (Phi) is 3.78. The molecule has 8 heavy (non-hydrogen) atoms. The van der Waals surface area contributed by atoms with E-state index < -0.39 is 5.91 Å². The van der Waals surface area contributed by atoms with Gasteiger partial charge in [0.25, 0.3) is 5.91 Å². The third kappa shape index (κ3) is 3.30. The van der Waals surface area contributed by atoms with E-state index in [1.807, 2.05) is 0 Å². The van der Waals surface area contributed by atoms with Gasteiger partial charge in [-0.25, -0.2) is 0 Å². The molecule has 45 valence electrons. The molecule has 0 saturated carbocycles. The number of rotatable bonds is 3. The Bertz CT molecular complexity index is 91.3. The van der Waals surface area contributed by atoms with Gasteiger partial charge in [0.2, 0.25) is 0 Å². The molecule has 0 aliphatic carbocycles. The van der Waals surface area contributed by atoms with E-state index >= 15 is 0 Å². The summed E-state index contributed by atoms with van der Waals surface area (Å²) < 4.78 is 0. The molecule has 0 bridgehead atoms. The number of hydrogen-bond donors (Lipinski definition) is 1. The van der Waals surface area contributed by atoms with Crippen LogP contribution in [-0.4, -0.2) is 17.4 Å². The van der Waals surface area contributed by atoms with Crippen LogP contribution in [-0.2, 0) is 9.59 Å². The van der Waals surface area contributed by atoms with Crippen molar-refractivity contribution in [2.75, 3.05) is 0 Å². The molecule has 0 fully saturated rings. The van der Waals surface area contributed by atoms with Crippen molar-refractivity contribution in [1.29, 1.82) is 0 Å². The normalized spacial score (nSPS) is 8.12. The minimum Gasteiger partial charge on any atom is -0.303 e. The predicted molar refractivity (Wildman–Crippen MR) is 24.2 cm³/mol. The molecule has 0 aliphatic heterocycles. The van der Waals surface area contributed by atoms with Gasteiger partial charge < -0.3 is 4.79 Å². The average molecular weight is 116 g/mol. The van der Waals surface area contributed by atoms with E-state index in [1.54, 1.807) is 0 Å². The van der Waals surface area contributed by atoms with Gasteiger partial charge in [0.05, 0.1) is 0 Å². The van der Waals surface area contributed by atoms with E-state index in [0.717, 1.165) is 0 Å². The number of aldehydes is 1. The topological polar surface area (TPSA) is 68.5 Å². The van der Waals surface area contributed by atoms with Crippen molar-refractivity contribution in [3.05, 3.63) is 0 Å². The molecule has 0 saturated heterocycles. The van der Waals surface area contributed by atoms with Crippen molar-refractivity contribution < 1.29 is 14.8 Å². The zero-order valence-corrected chi connectivity index (χ0v) is 4.20. The Labute approximate surface area is 46.5 Å². The molecule has 4 heteroatoms. The second-order valence-electron chi connectivity index (χ2n) is 1.20. The lowest BCUT2D eigenvalue weighted by Crippen LogP contribution is -2.10. The van der Waals surface area contributed by atoms with Crippen LogP contribution in [0.5, 0.6) is 0 Å². The van der Waals surface area contributed by atoms with E-state index in [9.17, 15) is 9.59 Å². The minimum atomic E-state index is -0.655. The summed E-state index contributed by atoms with van der Waals surface area (Å²) >= 11 is 0. The number of nitrogens with zero attached hydrogens (tertiary/aromatic N) is 1. The van der Waals surface area contributed by atoms with Gasteiger partial charge in [0.1, 0.15) is 6.29 Å². The minimum absolute atomic E-state index is 0.000000000000000222. The molecule has 1 radical (unpaired) electrons. The van der Waals surface area contributed by atoms with E-state index in [-0.39, 0.29) is 12.8 Å². The molecule has 0 heterocycles. The first-order valence-corrected chi connectivity index (χ1v) is 2.13. The van der Waals surface area contributed by atoms with Crippen LogP contribution >= 0.6 is 0 Å². The van der Waals surface area contributed by atoms with E-state index in [2.05, 4.69) is 5.48 Å². The third-order valence-electron chi connectivity index (χ3n) is 0.588. The van der Waals surface area contributed by atoms with Crippen LogP contribution in [0.3, 0.4) is 0 Å². The fraction of sp³-hybridized carbons (Fsp3) is 0.500. The van der Waals surface area contributed by atoms with Gasteiger partial charge in [-0.15, -0.1) is 0 Å². The first-order valence-electron chi connectivity index (χ1n) is 2.13. The van der Waals surface area contributed by atoms with Crippen LogP contribution < -0.4 is 5.48 Å². The lowest BCUT2D eigenvalue weighted by molar-refractivity contribution is -0.130. The van der Waals surface area contributed by atoms with Gasteiger partial charge in [-0.05, 0) is 0 Å². The Morgan fingerprint density at radius 1 is 1.75 bits per heavy atom. The molecular formula is C4H6NO3. The second kappa shape index (κ2) is 4.26. The van der Waals surface area contributed by atoms with Crippen LogP contribution in [0.15, 0.2) is 0 Å². The summed E-state index contributed by atoms with van der Waals surface area (Å²) in [5, 5.41) is 7.72. The third-order valence-corrected chi connectivity index (χ3v) is 0.588. The van der Waals surface area contributed by atoms with Gasteiger partial charge in [0, 0.05) is 12.8 Å². The summed E-state index contributed by atoms with van der Waals surface area (Å²) in [6.07, 6.45) is 0.728. The van der Waals surface area contributed by atoms with Gasteiger partial charge in [-0.2, -0.15) is 0 Å². The van der Waals surface area contributed by atoms with Crippen molar-refractivity contribution in [3.8, 4) is 0 Å². The average Bonchev–Trinajstić information content (AvgIpc) is 1.83. The Morgan fingerprint density at radius 2 is 2.38 bits per heavy atom. The molecule has 0 aliphatic rings. The number of hydrogen-bond acceptors (Lipinski definition) is 3. The fourth-order valence-corrected chi connectivity index (χ4v) is 0.232. The lowest BCUT2D eigenvalue weighted by Gasteiger charge is -1.85. The number of amides is 1. The molecule has 0 unspecified atom stereocenters. The van der Waals surface area contributed by atoms with Crippen molar-refractivity contribution in [1.82, 2.24) is 5.48 Å². The summed E-state index contributed by atoms with van der Waals surface area (Å²) in [6.45, 7) is 0. The molecule has 0 aromatic heterocycles. The largest absolute Gasteiger partial charge is 0.303 e. The zero-order valence-electron chi connectivity index (χ0n) is 4.20. The maximum absolute atomic E-state index is 10.00. The highest BCUT2D eigenvalue weighted by atomic mass is 16.5. The van der Waals surface area contributed by atoms with E-state index in [0.29, 0.717) is 6.29 Å². The lowest BCUT2D eigenvalue weighted by atomic mass is 10.3. The maximum Gasteiger partial charge on any atom is 0.269 e. The highest BCUT2D eigenvalue weighted by Gasteiger charge is 1.97. The Morgan fingerprint density at radius 3 is 2.75 bits per heavy atom. The monoisotopic (exact) mass is 116 g/mol. The first kappa shape index (κ1) is 7.10. The van der Waals surface area contributed by atoms with Crippen LogP contribution in [0, 0.1) is 0 Å². The highest BCUT2D eigenvalue weighted by Crippen LogP contribution is 1.82. The van der Waals surface area contributed by atoms with Crippen molar-refractivity contribution in [2.45, 2.75) is 12.8 Å². The predicted octanol–water partition coefficient (Wildman–Crippen LogP) is -0.514. The summed E-state index contributed by atoms with van der Waals surface area (Å²) in [4.78, 5) is 19.5. The van der Waals surface area contributed by atoms with Crippen LogP contribution in [0.1, 0.15) is 12.8 Å². The van der Waals surface area contributed by atoms with Gasteiger partial charge in [-0.3, -0.25) is 10.0 Å². The fourth-order valence-electron chi connectivity index (χ4n) is 0.232. The quantitative estimate of drug-likeness (QED) is 0.306. The van der Waals surface area contributed by atoms with Gasteiger partial charge in [0.15, 0.2) is 0 Å². The number of carbonyl (C=O) groups excluding carboxylic acids is 2. The van der Waals surface area contributed by atoms with Crippen molar-refractivity contribution >= 4 is 12.2 Å². The van der Waals surface area contributed by atoms with Gasteiger partial charge >= 0.3 is 0 Å². The number of carbonyl (C=O) groups is 2. The molecule has 1 N–H and O–H groups in total. The zero-order chi connectivity index (χ0) is 6.41. The molecule has 0 atom stereocenters. The highest BCUT2D eigenvalue weighted by molar-refractivity contribution is 5.76.